The third-order valence-electron chi connectivity index (χ3n) is 7.13. The average molecular weight is 525 g/mol. The minimum absolute atomic E-state index is 0.0950. The lowest BCUT2D eigenvalue weighted by Gasteiger charge is -2.46. The van der Waals surface area contributed by atoms with Crippen molar-refractivity contribution in [2.45, 2.75) is 95.3 Å². The van der Waals surface area contributed by atoms with Gasteiger partial charge in [-0.1, -0.05) is 19.3 Å². The number of carbonyl (C=O) groups is 1. The number of aliphatic imine (C=N–C) groups is 1. The average Bonchev–Trinajstić information content (AvgIpc) is 2.79. The Morgan fingerprint density at radius 3 is 2.49 bits per heavy atom. The van der Waals surface area contributed by atoms with Gasteiger partial charge in [0.15, 0.2) is 22.0 Å². The lowest BCUT2D eigenvalue weighted by Crippen LogP contribution is -2.49. The maximum atomic E-state index is 12.7. The first-order valence-electron chi connectivity index (χ1n) is 12.1. The van der Waals surface area contributed by atoms with E-state index in [9.17, 15) is 31.6 Å². The van der Waals surface area contributed by atoms with Gasteiger partial charge in [-0.15, -0.1) is 0 Å². The summed E-state index contributed by atoms with van der Waals surface area (Å²) < 4.78 is 72.0. The van der Waals surface area contributed by atoms with Crippen molar-refractivity contribution in [2.75, 3.05) is 19.0 Å². The largest absolute Gasteiger partial charge is 0.389 e. The molecule has 1 saturated heterocycles. The quantitative estimate of drug-likeness (QED) is 0.472. The zero-order valence-electron chi connectivity index (χ0n) is 20.3. The fourth-order valence-corrected chi connectivity index (χ4v) is 5.99. The molecule has 1 atom stereocenters. The maximum absolute atomic E-state index is 12.7. The molecule has 2 heterocycles. The number of hydroxylamine groups is 2. The molecule has 0 spiro atoms. The number of rotatable bonds is 9. The summed E-state index contributed by atoms with van der Waals surface area (Å²) in [6.07, 6.45) is 2.29. The van der Waals surface area contributed by atoms with E-state index in [1.165, 1.54) is 0 Å². The van der Waals surface area contributed by atoms with Crippen LogP contribution in [0.4, 0.5) is 13.2 Å². The van der Waals surface area contributed by atoms with E-state index in [0.29, 0.717) is 18.9 Å². The highest BCUT2D eigenvalue weighted by atomic mass is 32.2. The van der Waals surface area contributed by atoms with Crippen LogP contribution in [0.25, 0.3) is 0 Å². The van der Waals surface area contributed by atoms with Crippen LogP contribution in [-0.4, -0.2) is 66.6 Å². The Labute approximate surface area is 204 Å². The van der Waals surface area contributed by atoms with Gasteiger partial charge in [-0.2, -0.15) is 18.2 Å². The molecule has 2 aliphatic heterocycles. The molecular formula is C23H35F3N2O6S. The zero-order chi connectivity index (χ0) is 25.9. The second-order valence-corrected chi connectivity index (χ2v) is 12.8. The smallest absolute Gasteiger partial charge is 0.353 e. The highest BCUT2D eigenvalue weighted by Crippen LogP contribution is 2.47. The van der Waals surface area contributed by atoms with Crippen LogP contribution in [0.5, 0.6) is 0 Å². The number of halogens is 3. The van der Waals surface area contributed by atoms with Gasteiger partial charge in [0.1, 0.15) is 4.75 Å². The number of hydrogen-bond donors (Lipinski definition) is 1. The Balaban J connectivity index is 1.70. The molecule has 1 N–H and O–H groups in total. The summed E-state index contributed by atoms with van der Waals surface area (Å²) >= 11 is 0. The van der Waals surface area contributed by atoms with E-state index in [4.69, 9.17) is 9.47 Å². The molecule has 35 heavy (non-hydrogen) atoms. The normalized spacial score (nSPS) is 24.7. The van der Waals surface area contributed by atoms with Gasteiger partial charge < -0.3 is 9.47 Å². The van der Waals surface area contributed by atoms with Crippen LogP contribution in [0.1, 0.15) is 78.1 Å². The Kier molecular flexibility index (Phi) is 8.71. The van der Waals surface area contributed by atoms with Crippen LogP contribution in [0, 0.1) is 5.41 Å². The second kappa shape index (κ2) is 10.9. The molecule has 1 aliphatic carbocycles. The van der Waals surface area contributed by atoms with Gasteiger partial charge in [-0.05, 0) is 52.4 Å². The molecule has 200 valence electrons. The third-order valence-corrected chi connectivity index (χ3v) is 9.69. The zero-order valence-corrected chi connectivity index (χ0v) is 21.1. The van der Waals surface area contributed by atoms with Crippen LogP contribution < -0.4 is 0 Å². The predicted octanol–water partition coefficient (Wildman–Crippen LogP) is 4.53. The first kappa shape index (κ1) is 28.1. The predicted molar refractivity (Wildman–Crippen MR) is 122 cm³/mol. The number of hydrogen-bond acceptors (Lipinski definition) is 6. The Hall–Kier alpha value is -1.50. The first-order valence-corrected chi connectivity index (χ1v) is 13.8. The van der Waals surface area contributed by atoms with Gasteiger partial charge in [0, 0.05) is 24.5 Å². The number of sulfone groups is 1. The summed E-state index contributed by atoms with van der Waals surface area (Å²) in [6.45, 7) is 3.24. The molecule has 3 aliphatic rings. The first-order chi connectivity index (χ1) is 16.3. The fourth-order valence-electron chi connectivity index (χ4n) is 4.65. The van der Waals surface area contributed by atoms with Gasteiger partial charge in [-0.3, -0.25) is 10.0 Å². The molecule has 2 fully saturated rings. The molecule has 1 unspecified atom stereocenters. The molecule has 0 bridgehead atoms. The van der Waals surface area contributed by atoms with Crippen LogP contribution in [-0.2, 0) is 24.1 Å². The Morgan fingerprint density at radius 1 is 1.23 bits per heavy atom. The second-order valence-electron chi connectivity index (χ2n) is 10.1. The summed E-state index contributed by atoms with van der Waals surface area (Å²) in [5.74, 6) is -1.93. The monoisotopic (exact) mass is 524 g/mol. The van der Waals surface area contributed by atoms with Crippen molar-refractivity contribution in [1.29, 1.82) is 0 Å². The number of alkyl halides is 3. The van der Waals surface area contributed by atoms with Crippen molar-refractivity contribution in [1.82, 2.24) is 5.06 Å². The van der Waals surface area contributed by atoms with Crippen LogP contribution >= 0.6 is 0 Å². The number of nitrogens with zero attached hydrogens (tertiary/aromatic N) is 2. The van der Waals surface area contributed by atoms with Crippen molar-refractivity contribution in [3.05, 3.63) is 11.8 Å². The van der Waals surface area contributed by atoms with E-state index >= 15 is 0 Å². The minimum atomic E-state index is -4.48. The van der Waals surface area contributed by atoms with Crippen molar-refractivity contribution in [3.63, 3.8) is 0 Å². The third kappa shape index (κ3) is 6.64. The van der Waals surface area contributed by atoms with Crippen molar-refractivity contribution < 1.29 is 41.1 Å². The molecule has 1 amide bonds. The standard InChI is InChI=1S/C23H35F3N2O6S/c1-21(2,35(31,32)14-8-12-23(24,25)26)20(29)27-18-15-17(28(18)30)22(10-5-3-6-11-22)16-34-19-9-4-7-13-33-19/h15,19,30H,3-14,16H2,1-2H3. The molecule has 0 radical (unpaired) electrons. The highest BCUT2D eigenvalue weighted by Gasteiger charge is 2.47. The molecule has 12 heteroatoms. The summed E-state index contributed by atoms with van der Waals surface area (Å²) in [6, 6.07) is 0. The van der Waals surface area contributed by atoms with E-state index in [0.717, 1.165) is 70.3 Å². The van der Waals surface area contributed by atoms with Crippen molar-refractivity contribution in [3.8, 4) is 0 Å². The number of ether oxygens (including phenoxy) is 2. The summed E-state index contributed by atoms with van der Waals surface area (Å²) in [7, 11) is -4.21. The Bertz CT molecular complexity index is 933. The summed E-state index contributed by atoms with van der Waals surface area (Å²) in [5.41, 5.74) is 0.0973. The van der Waals surface area contributed by atoms with Crippen molar-refractivity contribution in [2.24, 2.45) is 10.4 Å². The highest BCUT2D eigenvalue weighted by molar-refractivity contribution is 7.93. The molecule has 0 aromatic rings. The number of carbonyl (C=O) groups excluding carboxylic acids is 1. The molecule has 0 aromatic carbocycles. The topological polar surface area (TPSA) is 106 Å². The minimum Gasteiger partial charge on any atom is -0.353 e. The van der Waals surface area contributed by atoms with E-state index in [-0.39, 0.29) is 12.1 Å². The van der Waals surface area contributed by atoms with Gasteiger partial charge in [-0.25, -0.2) is 13.5 Å². The van der Waals surface area contributed by atoms with Crippen LogP contribution in [0.2, 0.25) is 0 Å². The summed E-state index contributed by atoms with van der Waals surface area (Å²) in [4.78, 5) is 16.5. The van der Waals surface area contributed by atoms with Gasteiger partial charge in [0.2, 0.25) is 0 Å². The molecule has 3 rings (SSSR count). The lowest BCUT2D eigenvalue weighted by molar-refractivity contribution is -0.183. The molecule has 0 aromatic heterocycles. The number of amidine groups is 1. The van der Waals surface area contributed by atoms with Gasteiger partial charge >= 0.3 is 6.18 Å². The maximum Gasteiger partial charge on any atom is 0.389 e. The lowest BCUT2D eigenvalue weighted by atomic mass is 9.70. The SMILES string of the molecule is CC(C)(C(=O)N=C1C=C(C2(COC3CCCCO3)CCCCC2)N1O)S(=O)(=O)CCCC(F)(F)F. The molecule has 1 saturated carbocycles. The van der Waals surface area contributed by atoms with Crippen LogP contribution in [0.15, 0.2) is 16.8 Å². The molecule has 8 nitrogen and oxygen atoms in total. The number of amides is 1. The van der Waals surface area contributed by atoms with Gasteiger partial charge in [0.25, 0.3) is 5.91 Å². The van der Waals surface area contributed by atoms with E-state index < -0.39 is 50.7 Å². The van der Waals surface area contributed by atoms with E-state index in [1.807, 2.05) is 0 Å². The fraction of sp³-hybridized carbons (Fsp3) is 0.826. The molecular weight excluding hydrogens is 489 g/mol. The van der Waals surface area contributed by atoms with Crippen LogP contribution in [0.3, 0.4) is 0 Å². The Morgan fingerprint density at radius 2 is 1.91 bits per heavy atom. The van der Waals surface area contributed by atoms with Crippen molar-refractivity contribution >= 4 is 21.6 Å². The van der Waals surface area contributed by atoms with Gasteiger partial charge in [0.05, 0.1) is 18.1 Å². The van der Waals surface area contributed by atoms with E-state index in [1.54, 1.807) is 6.08 Å². The van der Waals surface area contributed by atoms with E-state index in [2.05, 4.69) is 4.99 Å². The summed E-state index contributed by atoms with van der Waals surface area (Å²) in [5, 5.41) is 11.5.